The van der Waals surface area contributed by atoms with E-state index in [1.807, 2.05) is 10.9 Å². The molecule has 3 aromatic rings. The van der Waals surface area contributed by atoms with Gasteiger partial charge in [0.2, 0.25) is 5.28 Å². The molecule has 12 heteroatoms. The summed E-state index contributed by atoms with van der Waals surface area (Å²) in [4.78, 5) is 11.5. The summed E-state index contributed by atoms with van der Waals surface area (Å²) in [5.41, 5.74) is 3.60. The van der Waals surface area contributed by atoms with Crippen molar-refractivity contribution in [2.75, 3.05) is 84.1 Å². The minimum absolute atomic E-state index is 0.0699. The number of benzene rings is 1. The van der Waals surface area contributed by atoms with Crippen LogP contribution in [0.2, 0.25) is 5.28 Å². The van der Waals surface area contributed by atoms with Crippen LogP contribution in [0.4, 0.5) is 5.82 Å². The van der Waals surface area contributed by atoms with Crippen molar-refractivity contribution in [1.82, 2.24) is 19.7 Å². The Morgan fingerprint density at radius 1 is 0.978 bits per heavy atom. The lowest BCUT2D eigenvalue weighted by Crippen LogP contribution is -2.58. The van der Waals surface area contributed by atoms with Crippen LogP contribution in [0.5, 0.6) is 5.75 Å². The van der Waals surface area contributed by atoms with Gasteiger partial charge in [-0.05, 0) is 72.9 Å². The second kappa shape index (κ2) is 15.1. The number of fused-ring (bicyclic) bond motifs is 3. The number of hydrogen-bond acceptors (Lipinski definition) is 10. The number of halogens is 1. The van der Waals surface area contributed by atoms with E-state index < -0.39 is 0 Å². The van der Waals surface area contributed by atoms with Gasteiger partial charge in [-0.2, -0.15) is 15.1 Å². The molecule has 1 spiro atoms. The third-order valence-electron chi connectivity index (χ3n) is 9.13. The topological polar surface area (TPSA) is 113 Å². The van der Waals surface area contributed by atoms with E-state index >= 15 is 0 Å². The molecule has 0 radical (unpaired) electrons. The predicted octanol–water partition coefficient (Wildman–Crippen LogP) is 3.60. The van der Waals surface area contributed by atoms with Gasteiger partial charge in [-0.3, -0.25) is 0 Å². The number of aryl methyl sites for hydroxylation is 1. The van der Waals surface area contributed by atoms with E-state index in [4.69, 9.17) is 46.8 Å². The van der Waals surface area contributed by atoms with Crippen molar-refractivity contribution in [2.45, 2.75) is 43.6 Å². The fourth-order valence-corrected chi connectivity index (χ4v) is 7.03. The van der Waals surface area contributed by atoms with Crippen LogP contribution in [0.3, 0.4) is 0 Å². The van der Waals surface area contributed by atoms with Crippen LogP contribution in [0.25, 0.3) is 11.0 Å². The number of nitrogens with zero attached hydrogens (tertiary/aromatic N) is 5. The smallest absolute Gasteiger partial charge is 0.226 e. The number of rotatable bonds is 17. The Hall–Kier alpha value is -2.98. The van der Waals surface area contributed by atoms with Gasteiger partial charge in [0.25, 0.3) is 0 Å². The highest BCUT2D eigenvalue weighted by Crippen LogP contribution is 2.49. The number of aliphatic hydroxyl groups excluding tert-OH is 1. The van der Waals surface area contributed by atoms with Crippen LogP contribution in [0.15, 0.2) is 24.4 Å². The average molecular weight is 640 g/mol. The lowest BCUT2D eigenvalue weighted by Gasteiger charge is -2.49. The highest BCUT2D eigenvalue weighted by molar-refractivity contribution is 6.28. The van der Waals surface area contributed by atoms with Gasteiger partial charge in [-0.25, -0.2) is 4.68 Å². The molecule has 11 nitrogen and oxygen atoms in total. The molecule has 1 N–H and O–H groups in total. The Morgan fingerprint density at radius 2 is 1.71 bits per heavy atom. The number of aromatic nitrogens is 4. The zero-order chi connectivity index (χ0) is 31.1. The zero-order valence-electron chi connectivity index (χ0n) is 25.7. The molecule has 6 rings (SSSR count). The molecule has 0 bridgehead atoms. The number of terminal acetylenes is 1. The van der Waals surface area contributed by atoms with Crippen LogP contribution in [0.1, 0.15) is 42.9 Å². The number of ether oxygens (including phenoxy) is 5. The summed E-state index contributed by atoms with van der Waals surface area (Å²) in [5.74, 6) is 4.44. The van der Waals surface area contributed by atoms with E-state index in [1.54, 1.807) is 0 Å². The molecule has 1 aromatic carbocycles. The highest BCUT2D eigenvalue weighted by atomic mass is 35.5. The molecule has 1 saturated heterocycles. The van der Waals surface area contributed by atoms with Crippen LogP contribution in [-0.4, -0.2) is 104 Å². The van der Waals surface area contributed by atoms with Gasteiger partial charge in [0.15, 0.2) is 5.65 Å². The first kappa shape index (κ1) is 32.0. The van der Waals surface area contributed by atoms with Crippen LogP contribution in [-0.2, 0) is 30.8 Å². The number of aliphatic hydroxyl groups is 1. The molecule has 1 saturated carbocycles. The summed E-state index contributed by atoms with van der Waals surface area (Å²) >= 11 is 6.45. The second-order valence-electron chi connectivity index (χ2n) is 12.1. The Bertz CT molecular complexity index is 1470. The Labute approximate surface area is 269 Å². The maximum Gasteiger partial charge on any atom is 0.226 e. The van der Waals surface area contributed by atoms with Crippen molar-refractivity contribution in [2.24, 2.45) is 5.92 Å². The Balaban J connectivity index is 0.962. The van der Waals surface area contributed by atoms with E-state index in [-0.39, 0.29) is 23.3 Å². The van der Waals surface area contributed by atoms with Crippen molar-refractivity contribution in [3.8, 4) is 18.1 Å². The molecule has 2 aliphatic carbocycles. The SMILES string of the molecule is C#CCOCCOCCOCCOCCOc1ccc2c(c1)C1(CC2)CN(c2nc(Cl)nc3c2cnn3C2CCC(CO)C2)C1. The molecule has 2 aromatic heterocycles. The molecule has 3 aliphatic rings. The largest absolute Gasteiger partial charge is 0.491 e. The molecule has 2 unspecified atom stereocenters. The maximum absolute atomic E-state index is 9.60. The minimum Gasteiger partial charge on any atom is -0.491 e. The summed E-state index contributed by atoms with van der Waals surface area (Å²) in [6.45, 7) is 6.22. The molecular weight excluding hydrogens is 598 g/mol. The molecular formula is C33H42ClN5O6. The Kier molecular flexibility index (Phi) is 10.7. The van der Waals surface area contributed by atoms with Crippen molar-refractivity contribution < 1.29 is 28.8 Å². The van der Waals surface area contributed by atoms with E-state index in [0.29, 0.717) is 65.4 Å². The van der Waals surface area contributed by atoms with Gasteiger partial charge in [0.05, 0.1) is 63.9 Å². The summed E-state index contributed by atoms with van der Waals surface area (Å²) in [5, 5.41) is 15.5. The van der Waals surface area contributed by atoms with E-state index in [2.05, 4.69) is 39.0 Å². The molecule has 3 heterocycles. The lowest BCUT2D eigenvalue weighted by atomic mass is 9.74. The first-order chi connectivity index (χ1) is 22.1. The standard InChI is InChI=1S/C33H42ClN5O6/c1-2-9-41-10-11-42-12-13-43-14-15-44-16-17-45-27-6-4-25-7-8-33(29(25)19-27)22-38(23-33)30-28-20-35-39(31(28)37-32(34)36-30)26-5-3-24(18-26)21-40/h1,4,6,19-20,24,26,40H,3,5,7-18,21-23H2. The molecule has 0 amide bonds. The van der Waals surface area contributed by atoms with Gasteiger partial charge in [-0.15, -0.1) is 6.42 Å². The van der Waals surface area contributed by atoms with Crippen molar-refractivity contribution >= 4 is 28.5 Å². The summed E-state index contributed by atoms with van der Waals surface area (Å²) in [6.07, 6.45) is 12.0. The lowest BCUT2D eigenvalue weighted by molar-refractivity contribution is -0.00187. The van der Waals surface area contributed by atoms with Gasteiger partial charge in [0.1, 0.15) is 24.8 Å². The quantitative estimate of drug-likeness (QED) is 0.134. The van der Waals surface area contributed by atoms with Crippen molar-refractivity contribution in [1.29, 1.82) is 0 Å². The first-order valence-electron chi connectivity index (χ1n) is 15.9. The van der Waals surface area contributed by atoms with Crippen LogP contribution >= 0.6 is 11.6 Å². The average Bonchev–Trinajstić information content (AvgIpc) is 3.77. The van der Waals surface area contributed by atoms with E-state index in [0.717, 1.165) is 67.8 Å². The number of anilines is 1. The molecule has 2 fully saturated rings. The molecule has 1 aliphatic heterocycles. The maximum atomic E-state index is 9.60. The van der Waals surface area contributed by atoms with Crippen LogP contribution in [0, 0.1) is 18.3 Å². The van der Waals surface area contributed by atoms with Crippen LogP contribution < -0.4 is 9.64 Å². The van der Waals surface area contributed by atoms with E-state index in [1.165, 1.54) is 11.1 Å². The molecule has 2 atom stereocenters. The zero-order valence-corrected chi connectivity index (χ0v) is 26.4. The predicted molar refractivity (Wildman–Crippen MR) is 170 cm³/mol. The Morgan fingerprint density at radius 3 is 2.42 bits per heavy atom. The third kappa shape index (κ3) is 7.38. The normalized spacial score (nSPS) is 20.1. The number of hydrogen-bond donors (Lipinski definition) is 1. The summed E-state index contributed by atoms with van der Waals surface area (Å²) < 4.78 is 29.8. The van der Waals surface area contributed by atoms with Crippen molar-refractivity contribution in [3.05, 3.63) is 40.8 Å². The summed E-state index contributed by atoms with van der Waals surface area (Å²) in [7, 11) is 0. The monoisotopic (exact) mass is 639 g/mol. The molecule has 242 valence electrons. The van der Waals surface area contributed by atoms with Gasteiger partial charge >= 0.3 is 0 Å². The van der Waals surface area contributed by atoms with Crippen molar-refractivity contribution in [3.63, 3.8) is 0 Å². The van der Waals surface area contributed by atoms with Gasteiger partial charge in [0, 0.05) is 25.1 Å². The summed E-state index contributed by atoms with van der Waals surface area (Å²) in [6, 6.07) is 6.69. The highest BCUT2D eigenvalue weighted by Gasteiger charge is 2.49. The minimum atomic E-state index is 0.0699. The van der Waals surface area contributed by atoms with E-state index in [9.17, 15) is 5.11 Å². The van der Waals surface area contributed by atoms with Gasteiger partial charge < -0.3 is 33.7 Å². The second-order valence-corrected chi connectivity index (χ2v) is 12.4. The fourth-order valence-electron chi connectivity index (χ4n) is 6.87. The first-order valence-corrected chi connectivity index (χ1v) is 16.3. The van der Waals surface area contributed by atoms with Gasteiger partial charge in [-0.1, -0.05) is 12.0 Å². The molecule has 45 heavy (non-hydrogen) atoms. The third-order valence-corrected chi connectivity index (χ3v) is 9.30. The fraction of sp³-hybridized carbons (Fsp3) is 0.606.